The molecule has 0 amide bonds. The van der Waals surface area contributed by atoms with Gasteiger partial charge in [0, 0.05) is 28.9 Å². The zero-order chi connectivity index (χ0) is 13.3. The van der Waals surface area contributed by atoms with Gasteiger partial charge in [-0.15, -0.1) is 11.6 Å². The summed E-state index contributed by atoms with van der Waals surface area (Å²) in [6.45, 7) is 4.10. The Kier molecular flexibility index (Phi) is 4.07. The highest BCUT2D eigenvalue weighted by atomic mass is 35.5. The van der Waals surface area contributed by atoms with Crippen LogP contribution in [0.1, 0.15) is 24.4 Å². The van der Waals surface area contributed by atoms with Gasteiger partial charge >= 0.3 is 0 Å². The third kappa shape index (κ3) is 2.45. The van der Waals surface area contributed by atoms with Crippen LogP contribution in [0.3, 0.4) is 0 Å². The summed E-state index contributed by atoms with van der Waals surface area (Å²) in [5.41, 5.74) is 3.20. The maximum atomic E-state index is 11.4. The second-order valence-corrected chi connectivity index (χ2v) is 6.31. The molecule has 0 spiro atoms. The van der Waals surface area contributed by atoms with Crippen LogP contribution in [0.15, 0.2) is 18.2 Å². The average Bonchev–Trinajstić information content (AvgIpc) is 2.68. The number of para-hydroxylation sites is 1. The number of nitrogens with zero attached hydrogens (tertiary/aromatic N) is 2. The van der Waals surface area contributed by atoms with Gasteiger partial charge in [0.1, 0.15) is 5.82 Å². The highest BCUT2D eigenvalue weighted by molar-refractivity contribution is 7.84. The summed E-state index contributed by atoms with van der Waals surface area (Å²) in [7, 11) is -0.830. The molecule has 18 heavy (non-hydrogen) atoms. The van der Waals surface area contributed by atoms with Crippen LogP contribution < -0.4 is 0 Å². The van der Waals surface area contributed by atoms with Crippen molar-refractivity contribution in [1.82, 2.24) is 9.55 Å². The maximum Gasteiger partial charge on any atom is 0.125 e. The molecule has 0 fully saturated rings. The first-order chi connectivity index (χ1) is 8.54. The third-order valence-corrected chi connectivity index (χ3v) is 4.22. The molecule has 2 unspecified atom stereocenters. The van der Waals surface area contributed by atoms with Crippen molar-refractivity contribution in [1.29, 1.82) is 0 Å². The van der Waals surface area contributed by atoms with E-state index in [0.717, 1.165) is 22.4 Å². The molecule has 1 heterocycles. The Hall–Kier alpha value is -0.870. The summed E-state index contributed by atoms with van der Waals surface area (Å²) in [5.74, 6) is 1.83. The van der Waals surface area contributed by atoms with Gasteiger partial charge in [-0.05, 0) is 25.5 Å². The van der Waals surface area contributed by atoms with Gasteiger partial charge in [0.25, 0.3) is 0 Å². The normalized spacial score (nSPS) is 14.9. The summed E-state index contributed by atoms with van der Waals surface area (Å²) in [6, 6.07) is 6.24. The standard InChI is InChI=1S/C13H17ClN2OS/c1-9-5-4-6-11-13(9)15-12(7-14)16(11)10(2)8-18(3)17/h4-6,10H,7-8H2,1-3H3. The number of rotatable bonds is 4. The van der Waals surface area contributed by atoms with Crippen LogP contribution in [0.25, 0.3) is 11.0 Å². The molecule has 2 rings (SSSR count). The molecule has 3 nitrogen and oxygen atoms in total. The molecule has 5 heteroatoms. The lowest BCUT2D eigenvalue weighted by atomic mass is 10.2. The largest absolute Gasteiger partial charge is 0.323 e. The first-order valence-corrected chi connectivity index (χ1v) is 8.13. The molecule has 1 aromatic carbocycles. The second-order valence-electron chi connectivity index (χ2n) is 4.56. The Morgan fingerprint density at radius 1 is 1.50 bits per heavy atom. The molecule has 0 aliphatic rings. The van der Waals surface area contributed by atoms with E-state index in [1.54, 1.807) is 6.26 Å². The number of aryl methyl sites for hydroxylation is 1. The first-order valence-electron chi connectivity index (χ1n) is 5.87. The fourth-order valence-corrected chi connectivity index (χ4v) is 3.32. The van der Waals surface area contributed by atoms with Crippen LogP contribution in [0, 0.1) is 6.92 Å². The van der Waals surface area contributed by atoms with Gasteiger partial charge in [0.2, 0.25) is 0 Å². The highest BCUT2D eigenvalue weighted by Gasteiger charge is 2.16. The lowest BCUT2D eigenvalue weighted by molar-refractivity contribution is 0.594. The number of imidazole rings is 1. The van der Waals surface area contributed by atoms with E-state index < -0.39 is 10.8 Å². The molecule has 0 aliphatic heterocycles. The van der Waals surface area contributed by atoms with Crippen molar-refractivity contribution in [3.8, 4) is 0 Å². The zero-order valence-electron chi connectivity index (χ0n) is 10.8. The molecular weight excluding hydrogens is 268 g/mol. The van der Waals surface area contributed by atoms with Crippen LogP contribution in [-0.2, 0) is 16.7 Å². The number of aromatic nitrogens is 2. The quantitative estimate of drug-likeness (QED) is 0.809. The summed E-state index contributed by atoms with van der Waals surface area (Å²) in [4.78, 5) is 4.59. The van der Waals surface area contributed by atoms with Crippen LogP contribution in [-0.4, -0.2) is 25.8 Å². The molecule has 0 saturated carbocycles. The molecule has 1 aromatic heterocycles. The monoisotopic (exact) mass is 284 g/mol. The van der Waals surface area contributed by atoms with Crippen molar-refractivity contribution in [3.63, 3.8) is 0 Å². The molecule has 2 atom stereocenters. The van der Waals surface area contributed by atoms with Gasteiger partial charge in [-0.25, -0.2) is 4.98 Å². The van der Waals surface area contributed by atoms with E-state index in [2.05, 4.69) is 16.5 Å². The molecule has 0 radical (unpaired) electrons. The lowest BCUT2D eigenvalue weighted by Crippen LogP contribution is -2.15. The second kappa shape index (κ2) is 5.41. The van der Waals surface area contributed by atoms with Gasteiger partial charge < -0.3 is 4.57 Å². The van der Waals surface area contributed by atoms with Crippen molar-refractivity contribution in [2.45, 2.75) is 25.8 Å². The molecule has 0 saturated heterocycles. The maximum absolute atomic E-state index is 11.4. The van der Waals surface area contributed by atoms with Crippen LogP contribution in [0.2, 0.25) is 0 Å². The van der Waals surface area contributed by atoms with E-state index in [1.807, 2.05) is 25.1 Å². The first kappa shape index (κ1) is 13.6. The minimum Gasteiger partial charge on any atom is -0.323 e. The van der Waals surface area contributed by atoms with Gasteiger partial charge in [0.05, 0.1) is 16.9 Å². The Bertz CT molecular complexity index is 594. The molecule has 98 valence electrons. The average molecular weight is 285 g/mol. The Morgan fingerprint density at radius 3 is 2.83 bits per heavy atom. The Morgan fingerprint density at radius 2 is 2.22 bits per heavy atom. The number of hydrogen-bond donors (Lipinski definition) is 0. The van der Waals surface area contributed by atoms with E-state index in [1.165, 1.54) is 0 Å². The molecule has 0 aliphatic carbocycles. The topological polar surface area (TPSA) is 34.9 Å². The summed E-state index contributed by atoms with van der Waals surface area (Å²) < 4.78 is 13.5. The third-order valence-electron chi connectivity index (χ3n) is 3.03. The van der Waals surface area contributed by atoms with Crippen LogP contribution in [0.4, 0.5) is 0 Å². The molecule has 0 bridgehead atoms. The zero-order valence-corrected chi connectivity index (χ0v) is 12.4. The van der Waals surface area contributed by atoms with Crippen molar-refractivity contribution in [3.05, 3.63) is 29.6 Å². The summed E-state index contributed by atoms with van der Waals surface area (Å²) >= 11 is 5.98. The van der Waals surface area contributed by atoms with Gasteiger partial charge in [-0.1, -0.05) is 12.1 Å². The van der Waals surface area contributed by atoms with Gasteiger partial charge in [-0.3, -0.25) is 4.21 Å². The molecule has 2 aromatic rings. The van der Waals surface area contributed by atoms with E-state index in [-0.39, 0.29) is 6.04 Å². The molecule has 0 N–H and O–H groups in total. The van der Waals surface area contributed by atoms with Crippen molar-refractivity contribution in [2.24, 2.45) is 0 Å². The number of alkyl halides is 1. The minimum atomic E-state index is -0.830. The fourth-order valence-electron chi connectivity index (χ4n) is 2.31. The smallest absolute Gasteiger partial charge is 0.125 e. The van der Waals surface area contributed by atoms with E-state index in [4.69, 9.17) is 11.6 Å². The number of halogens is 1. The minimum absolute atomic E-state index is 0.136. The van der Waals surface area contributed by atoms with Crippen molar-refractivity contribution in [2.75, 3.05) is 12.0 Å². The predicted octanol–water partition coefficient (Wildman–Crippen LogP) is 3.02. The summed E-state index contributed by atoms with van der Waals surface area (Å²) in [6.07, 6.45) is 1.72. The van der Waals surface area contributed by atoms with Crippen molar-refractivity contribution >= 4 is 33.4 Å². The Labute approximate surface area is 115 Å². The number of fused-ring (bicyclic) bond motifs is 1. The number of benzene rings is 1. The van der Waals surface area contributed by atoms with E-state index in [9.17, 15) is 4.21 Å². The predicted molar refractivity (Wildman–Crippen MR) is 77.7 cm³/mol. The van der Waals surface area contributed by atoms with Gasteiger partial charge in [0.15, 0.2) is 0 Å². The summed E-state index contributed by atoms with van der Waals surface area (Å²) in [5, 5.41) is 0. The SMILES string of the molecule is Cc1cccc2c1nc(CCl)n2C(C)CS(C)=O. The van der Waals surface area contributed by atoms with E-state index in [0.29, 0.717) is 11.6 Å². The Balaban J connectivity index is 2.60. The highest BCUT2D eigenvalue weighted by Crippen LogP contribution is 2.24. The van der Waals surface area contributed by atoms with Crippen LogP contribution >= 0.6 is 11.6 Å². The van der Waals surface area contributed by atoms with Gasteiger partial charge in [-0.2, -0.15) is 0 Å². The number of hydrogen-bond acceptors (Lipinski definition) is 2. The van der Waals surface area contributed by atoms with E-state index >= 15 is 0 Å². The lowest BCUT2D eigenvalue weighted by Gasteiger charge is -2.15. The van der Waals surface area contributed by atoms with Crippen molar-refractivity contribution < 1.29 is 4.21 Å². The fraction of sp³-hybridized carbons (Fsp3) is 0.462. The van der Waals surface area contributed by atoms with Crippen LogP contribution in [0.5, 0.6) is 0 Å². The molecular formula is C13H17ClN2OS.